The van der Waals surface area contributed by atoms with Crippen LogP contribution in [-0.4, -0.2) is 0 Å². The van der Waals surface area contributed by atoms with E-state index in [1.54, 1.807) is 6.92 Å². The monoisotopic (exact) mass is 434 g/mol. The summed E-state index contributed by atoms with van der Waals surface area (Å²) in [4.78, 5) is 0. The molecule has 0 radical (unpaired) electrons. The summed E-state index contributed by atoms with van der Waals surface area (Å²) < 4.78 is 12.8. The van der Waals surface area contributed by atoms with Crippen LogP contribution in [0.2, 0.25) is 0 Å². The van der Waals surface area contributed by atoms with E-state index >= 15 is 0 Å². The van der Waals surface area contributed by atoms with Gasteiger partial charge in [-0.3, -0.25) is 0 Å². The lowest BCUT2D eigenvalue weighted by Gasteiger charge is -2.06. The van der Waals surface area contributed by atoms with Crippen LogP contribution in [0.4, 0.5) is 4.39 Å². The molecule has 174 valence electrons. The van der Waals surface area contributed by atoms with E-state index in [9.17, 15) is 4.39 Å². The van der Waals surface area contributed by atoms with E-state index in [2.05, 4.69) is 97.0 Å². The molecule has 0 aliphatic rings. The summed E-state index contributed by atoms with van der Waals surface area (Å²) in [5.74, 6) is 1.83. The minimum Gasteiger partial charge on any atom is -0.243 e. The van der Waals surface area contributed by atoms with Gasteiger partial charge >= 0.3 is 0 Å². The molecule has 0 aliphatic heterocycles. The second-order valence-corrected chi connectivity index (χ2v) is 9.25. The Hall–Kier alpha value is -2.41. The average molecular weight is 435 g/mol. The first-order valence-electron chi connectivity index (χ1n) is 12.0. The Morgan fingerprint density at radius 3 is 1.16 bits per heavy atom. The Labute approximate surface area is 196 Å². The molecule has 0 fully saturated rings. The molecule has 0 amide bonds. The second kappa shape index (κ2) is 14.6. The number of rotatable bonds is 5. The van der Waals surface area contributed by atoms with Crippen LogP contribution in [0.25, 0.3) is 0 Å². The molecule has 0 aromatic heterocycles. The van der Waals surface area contributed by atoms with Crippen molar-refractivity contribution in [1.82, 2.24) is 0 Å². The standard InChI is InChI=1S/C11H15F.C11H16.C9H12/c1-8(2)10-4-6-11(7-5-10)9(3)12;1-4-10-5-7-11(8-6-10)9(2)3;1-8(2)9-6-4-3-5-7-9/h4-9H,1-3H3;5-9H,4H2,1-3H3;3-8H,1-2H3. The van der Waals surface area contributed by atoms with E-state index in [4.69, 9.17) is 0 Å². The van der Waals surface area contributed by atoms with E-state index in [1.165, 1.54) is 22.3 Å². The highest BCUT2D eigenvalue weighted by Crippen LogP contribution is 2.20. The van der Waals surface area contributed by atoms with Crippen molar-refractivity contribution in [3.8, 4) is 0 Å². The summed E-state index contributed by atoms with van der Waals surface area (Å²) in [6.07, 6.45) is 0.282. The quantitative estimate of drug-likeness (QED) is 0.375. The van der Waals surface area contributed by atoms with Crippen molar-refractivity contribution >= 4 is 0 Å². The third-order valence-electron chi connectivity index (χ3n) is 5.58. The lowest BCUT2D eigenvalue weighted by atomic mass is 10.0. The molecule has 0 saturated heterocycles. The molecule has 1 unspecified atom stereocenters. The van der Waals surface area contributed by atoms with Crippen LogP contribution < -0.4 is 0 Å². The molecule has 32 heavy (non-hydrogen) atoms. The number of alkyl halides is 1. The molecule has 1 heteroatoms. The Morgan fingerprint density at radius 2 is 0.844 bits per heavy atom. The molecule has 1 atom stereocenters. The van der Waals surface area contributed by atoms with Gasteiger partial charge in [0.15, 0.2) is 0 Å². The van der Waals surface area contributed by atoms with Crippen LogP contribution in [0.15, 0.2) is 78.9 Å². The Morgan fingerprint density at radius 1 is 0.500 bits per heavy atom. The van der Waals surface area contributed by atoms with E-state index < -0.39 is 6.17 Å². The van der Waals surface area contributed by atoms with Crippen LogP contribution in [-0.2, 0) is 6.42 Å². The molecule has 0 N–H and O–H groups in total. The van der Waals surface area contributed by atoms with Crippen molar-refractivity contribution in [1.29, 1.82) is 0 Å². The highest BCUT2D eigenvalue weighted by Gasteiger charge is 2.03. The normalized spacial score (nSPS) is 11.5. The zero-order chi connectivity index (χ0) is 24.1. The molecule has 3 aromatic carbocycles. The molecule has 0 saturated carbocycles. The SMILES string of the molecule is CC(C)c1ccc(C(C)F)cc1.CC(C)c1ccccc1.CCc1ccc(C(C)C)cc1. The van der Waals surface area contributed by atoms with Crippen molar-refractivity contribution in [2.45, 2.75) is 85.7 Å². The van der Waals surface area contributed by atoms with Crippen LogP contribution >= 0.6 is 0 Å². The number of halogens is 1. The number of hydrogen-bond donors (Lipinski definition) is 0. The molecule has 0 heterocycles. The van der Waals surface area contributed by atoms with Gasteiger partial charge in [-0.05, 0) is 58.9 Å². The average Bonchev–Trinajstić information content (AvgIpc) is 2.80. The molecular weight excluding hydrogens is 391 g/mol. The zero-order valence-corrected chi connectivity index (χ0v) is 21.4. The largest absolute Gasteiger partial charge is 0.243 e. The fourth-order valence-corrected chi connectivity index (χ4v) is 3.12. The van der Waals surface area contributed by atoms with Crippen LogP contribution in [0.3, 0.4) is 0 Å². The number of benzene rings is 3. The molecule has 3 rings (SSSR count). The van der Waals surface area contributed by atoms with Gasteiger partial charge in [0.1, 0.15) is 6.17 Å². The van der Waals surface area contributed by atoms with Gasteiger partial charge in [-0.15, -0.1) is 0 Å². The van der Waals surface area contributed by atoms with Crippen LogP contribution in [0, 0.1) is 0 Å². The summed E-state index contributed by atoms with van der Waals surface area (Å²) >= 11 is 0. The van der Waals surface area contributed by atoms with Gasteiger partial charge in [-0.25, -0.2) is 4.39 Å². The van der Waals surface area contributed by atoms with Crippen molar-refractivity contribution in [3.05, 3.63) is 107 Å². The first-order valence-corrected chi connectivity index (χ1v) is 12.0. The third kappa shape index (κ3) is 10.3. The summed E-state index contributed by atoms with van der Waals surface area (Å²) in [7, 11) is 0. The third-order valence-corrected chi connectivity index (χ3v) is 5.58. The predicted octanol–water partition coefficient (Wildman–Crippen LogP) is 10.0. The summed E-state index contributed by atoms with van der Waals surface area (Å²) in [6, 6.07) is 27.1. The minimum atomic E-state index is -0.855. The molecule has 0 nitrogen and oxygen atoms in total. The van der Waals surface area contributed by atoms with Gasteiger partial charge in [0.05, 0.1) is 0 Å². The van der Waals surface area contributed by atoms with Gasteiger partial charge in [0.25, 0.3) is 0 Å². The Balaban J connectivity index is 0.000000242. The first-order chi connectivity index (χ1) is 15.1. The van der Waals surface area contributed by atoms with Crippen LogP contribution in [0.5, 0.6) is 0 Å². The number of hydrogen-bond acceptors (Lipinski definition) is 0. The molecular formula is C31H43F. The predicted molar refractivity (Wildman–Crippen MR) is 140 cm³/mol. The lowest BCUT2D eigenvalue weighted by molar-refractivity contribution is 0.374. The van der Waals surface area contributed by atoms with Gasteiger partial charge in [0.2, 0.25) is 0 Å². The fourth-order valence-electron chi connectivity index (χ4n) is 3.12. The summed E-state index contributed by atoms with van der Waals surface area (Å²) in [5, 5.41) is 0. The summed E-state index contributed by atoms with van der Waals surface area (Å²) in [6.45, 7) is 16.9. The lowest BCUT2D eigenvalue weighted by Crippen LogP contribution is -1.89. The maximum Gasteiger partial charge on any atom is 0.122 e. The minimum absolute atomic E-state index is 0.522. The highest BCUT2D eigenvalue weighted by molar-refractivity contribution is 5.26. The molecule has 0 bridgehead atoms. The van der Waals surface area contributed by atoms with E-state index in [-0.39, 0.29) is 0 Å². The molecule has 0 aliphatic carbocycles. The van der Waals surface area contributed by atoms with Crippen molar-refractivity contribution < 1.29 is 4.39 Å². The van der Waals surface area contributed by atoms with Gasteiger partial charge in [-0.1, -0.05) is 127 Å². The highest BCUT2D eigenvalue weighted by atomic mass is 19.1. The maximum atomic E-state index is 12.8. The summed E-state index contributed by atoms with van der Waals surface area (Å²) in [5.41, 5.74) is 6.30. The van der Waals surface area contributed by atoms with Crippen LogP contribution in [0.1, 0.15) is 107 Å². The van der Waals surface area contributed by atoms with E-state index in [0.717, 1.165) is 12.0 Å². The second-order valence-electron chi connectivity index (χ2n) is 9.25. The first kappa shape index (κ1) is 27.6. The van der Waals surface area contributed by atoms with Gasteiger partial charge in [0, 0.05) is 0 Å². The molecule has 3 aromatic rings. The fraction of sp³-hybridized carbons (Fsp3) is 0.419. The van der Waals surface area contributed by atoms with Crippen molar-refractivity contribution in [3.63, 3.8) is 0 Å². The van der Waals surface area contributed by atoms with E-state index in [1.807, 2.05) is 30.3 Å². The van der Waals surface area contributed by atoms with Gasteiger partial charge in [-0.2, -0.15) is 0 Å². The van der Waals surface area contributed by atoms with Crippen molar-refractivity contribution in [2.24, 2.45) is 0 Å². The number of aryl methyl sites for hydroxylation is 1. The Bertz CT molecular complexity index is 814. The Kier molecular flexibility index (Phi) is 12.6. The smallest absolute Gasteiger partial charge is 0.122 e. The maximum absolute atomic E-state index is 12.8. The topological polar surface area (TPSA) is 0 Å². The van der Waals surface area contributed by atoms with Crippen molar-refractivity contribution in [2.75, 3.05) is 0 Å². The molecule has 0 spiro atoms. The zero-order valence-electron chi connectivity index (χ0n) is 21.4. The van der Waals surface area contributed by atoms with E-state index in [0.29, 0.717) is 17.8 Å². The van der Waals surface area contributed by atoms with Gasteiger partial charge < -0.3 is 0 Å².